The van der Waals surface area contributed by atoms with Crippen LogP contribution < -0.4 is 0 Å². The zero-order valence-corrected chi connectivity index (χ0v) is 12.1. The highest BCUT2D eigenvalue weighted by molar-refractivity contribution is 5.90. The maximum atomic E-state index is 11.9. The van der Waals surface area contributed by atoms with Crippen LogP contribution in [0.25, 0.3) is 0 Å². The maximum absolute atomic E-state index is 11.9. The molecule has 0 aromatic carbocycles. The molecule has 0 aliphatic rings. The van der Waals surface area contributed by atoms with Gasteiger partial charge in [0, 0.05) is 0 Å². The van der Waals surface area contributed by atoms with Crippen molar-refractivity contribution in [3.8, 4) is 0 Å². The first-order valence-corrected chi connectivity index (χ1v) is 6.44. The Morgan fingerprint density at radius 2 is 1.12 bits per heavy atom. The fourth-order valence-corrected chi connectivity index (χ4v) is 1.81. The molecule has 0 aromatic heterocycles. The summed E-state index contributed by atoms with van der Waals surface area (Å²) < 4.78 is 5.01. The summed E-state index contributed by atoms with van der Waals surface area (Å²) in [5.41, 5.74) is -1.15. The third kappa shape index (κ3) is 4.88. The minimum Gasteiger partial charge on any atom is -0.392 e. The number of carbonyl (C=O) groups excluding carboxylic acids is 2. The van der Waals surface area contributed by atoms with Gasteiger partial charge in [-0.15, -0.1) is 0 Å². The van der Waals surface area contributed by atoms with Gasteiger partial charge < -0.3 is 4.74 Å². The minimum absolute atomic E-state index is 0.409. The van der Waals surface area contributed by atoms with Gasteiger partial charge in [0.05, 0.1) is 10.8 Å². The van der Waals surface area contributed by atoms with E-state index in [0.717, 1.165) is 25.7 Å². The number of hydrogen-bond donors (Lipinski definition) is 0. The van der Waals surface area contributed by atoms with Crippen molar-refractivity contribution in [3.05, 3.63) is 0 Å². The van der Waals surface area contributed by atoms with E-state index in [0.29, 0.717) is 0 Å². The lowest BCUT2D eigenvalue weighted by atomic mass is 9.86. The van der Waals surface area contributed by atoms with E-state index in [-0.39, 0.29) is 0 Å². The van der Waals surface area contributed by atoms with Gasteiger partial charge in [-0.2, -0.15) is 0 Å². The molecule has 0 bridgehead atoms. The summed E-state index contributed by atoms with van der Waals surface area (Å²) in [6, 6.07) is 0. The van der Waals surface area contributed by atoms with Crippen molar-refractivity contribution in [1.29, 1.82) is 0 Å². The third-order valence-electron chi connectivity index (χ3n) is 3.04. The van der Waals surface area contributed by atoms with Crippen molar-refractivity contribution < 1.29 is 14.3 Å². The molecule has 0 heterocycles. The highest BCUT2D eigenvalue weighted by atomic mass is 16.6. The quantitative estimate of drug-likeness (QED) is 0.527. The lowest BCUT2D eigenvalue weighted by Crippen LogP contribution is -2.34. The molecule has 0 spiro atoms. The van der Waals surface area contributed by atoms with E-state index in [2.05, 4.69) is 0 Å². The molecular formula is C14H26O3. The molecule has 3 heteroatoms. The van der Waals surface area contributed by atoms with Gasteiger partial charge in [0.2, 0.25) is 0 Å². The van der Waals surface area contributed by atoms with Gasteiger partial charge in [-0.3, -0.25) is 9.59 Å². The van der Waals surface area contributed by atoms with Crippen molar-refractivity contribution in [3.63, 3.8) is 0 Å². The SMILES string of the molecule is CCCC(C)(C)C(=O)OC(=O)C(C)(C)CCC. The average molecular weight is 242 g/mol. The second kappa shape index (κ2) is 6.18. The summed E-state index contributed by atoms with van der Waals surface area (Å²) >= 11 is 0. The van der Waals surface area contributed by atoms with Crippen LogP contribution in [-0.2, 0) is 14.3 Å². The van der Waals surface area contributed by atoms with Crippen LogP contribution in [0, 0.1) is 10.8 Å². The highest BCUT2D eigenvalue weighted by Crippen LogP contribution is 2.28. The average Bonchev–Trinajstić information content (AvgIpc) is 2.17. The molecule has 0 unspecified atom stereocenters. The molecule has 17 heavy (non-hydrogen) atoms. The Morgan fingerprint density at radius 1 is 0.824 bits per heavy atom. The summed E-state index contributed by atoms with van der Waals surface area (Å²) in [6.45, 7) is 11.3. The number of carbonyl (C=O) groups is 2. The standard InChI is InChI=1S/C14H26O3/c1-7-9-13(3,4)11(15)17-12(16)14(5,6)10-8-2/h7-10H2,1-6H3. The Morgan fingerprint density at radius 3 is 1.35 bits per heavy atom. The fraction of sp³-hybridized carbons (Fsp3) is 0.857. The molecule has 0 fully saturated rings. The molecular weight excluding hydrogens is 216 g/mol. The second-order valence-corrected chi connectivity index (χ2v) is 5.94. The summed E-state index contributed by atoms with van der Waals surface area (Å²) in [5.74, 6) is -0.818. The van der Waals surface area contributed by atoms with Crippen molar-refractivity contribution in [2.45, 2.75) is 67.2 Å². The second-order valence-electron chi connectivity index (χ2n) is 5.94. The molecule has 0 saturated heterocycles. The Kier molecular flexibility index (Phi) is 5.86. The van der Waals surface area contributed by atoms with E-state index in [4.69, 9.17) is 4.74 Å². The van der Waals surface area contributed by atoms with Crippen LogP contribution in [0.3, 0.4) is 0 Å². The number of esters is 2. The number of hydrogen-bond acceptors (Lipinski definition) is 3. The molecule has 100 valence electrons. The van der Waals surface area contributed by atoms with Crippen LogP contribution in [-0.4, -0.2) is 11.9 Å². The van der Waals surface area contributed by atoms with Crippen LogP contribution >= 0.6 is 0 Å². The van der Waals surface area contributed by atoms with Gasteiger partial charge in [-0.05, 0) is 40.5 Å². The Hall–Kier alpha value is -0.860. The lowest BCUT2D eigenvalue weighted by molar-refractivity contribution is -0.172. The van der Waals surface area contributed by atoms with Crippen molar-refractivity contribution in [2.75, 3.05) is 0 Å². The van der Waals surface area contributed by atoms with E-state index >= 15 is 0 Å². The molecule has 0 saturated carbocycles. The Bertz CT molecular complexity index is 249. The molecule has 0 amide bonds. The fourth-order valence-electron chi connectivity index (χ4n) is 1.81. The largest absolute Gasteiger partial charge is 0.392 e. The first kappa shape index (κ1) is 16.1. The zero-order chi connectivity index (χ0) is 13.7. The van der Waals surface area contributed by atoms with Crippen LogP contribution in [0.2, 0.25) is 0 Å². The molecule has 0 aromatic rings. The lowest BCUT2D eigenvalue weighted by Gasteiger charge is -2.25. The van der Waals surface area contributed by atoms with Crippen molar-refractivity contribution in [1.82, 2.24) is 0 Å². The monoisotopic (exact) mass is 242 g/mol. The van der Waals surface area contributed by atoms with E-state index in [1.165, 1.54) is 0 Å². The van der Waals surface area contributed by atoms with Gasteiger partial charge in [0.1, 0.15) is 0 Å². The third-order valence-corrected chi connectivity index (χ3v) is 3.04. The molecule has 0 radical (unpaired) electrons. The van der Waals surface area contributed by atoms with E-state index in [1.54, 1.807) is 0 Å². The van der Waals surface area contributed by atoms with Crippen molar-refractivity contribution in [2.24, 2.45) is 10.8 Å². The van der Waals surface area contributed by atoms with Gasteiger partial charge >= 0.3 is 11.9 Å². The Labute approximate surface area is 105 Å². The predicted octanol–water partition coefficient (Wildman–Crippen LogP) is 3.71. The molecule has 3 nitrogen and oxygen atoms in total. The van der Waals surface area contributed by atoms with Crippen molar-refractivity contribution >= 4 is 11.9 Å². The number of rotatable bonds is 6. The maximum Gasteiger partial charge on any atom is 0.319 e. The topological polar surface area (TPSA) is 43.4 Å². The predicted molar refractivity (Wildman–Crippen MR) is 68.5 cm³/mol. The summed E-state index contributed by atoms with van der Waals surface area (Å²) in [5, 5.41) is 0. The summed E-state index contributed by atoms with van der Waals surface area (Å²) in [7, 11) is 0. The molecule has 0 atom stereocenters. The van der Waals surface area contributed by atoms with Gasteiger partial charge in [-0.25, -0.2) is 0 Å². The highest BCUT2D eigenvalue weighted by Gasteiger charge is 2.35. The van der Waals surface area contributed by atoms with Gasteiger partial charge in [0.25, 0.3) is 0 Å². The van der Waals surface area contributed by atoms with E-state index in [1.807, 2.05) is 41.5 Å². The van der Waals surface area contributed by atoms with Crippen LogP contribution in [0.15, 0.2) is 0 Å². The normalized spacial score (nSPS) is 12.4. The van der Waals surface area contributed by atoms with Gasteiger partial charge in [0.15, 0.2) is 0 Å². The minimum atomic E-state index is -0.577. The molecule has 0 rings (SSSR count). The van der Waals surface area contributed by atoms with Crippen LogP contribution in [0.5, 0.6) is 0 Å². The van der Waals surface area contributed by atoms with Crippen LogP contribution in [0.1, 0.15) is 67.2 Å². The van der Waals surface area contributed by atoms with E-state index < -0.39 is 22.8 Å². The zero-order valence-electron chi connectivity index (χ0n) is 12.1. The first-order chi connectivity index (χ1) is 7.67. The molecule has 0 aliphatic heterocycles. The van der Waals surface area contributed by atoms with E-state index in [9.17, 15) is 9.59 Å². The molecule has 0 aliphatic carbocycles. The molecule has 0 N–H and O–H groups in total. The summed E-state index contributed by atoms with van der Waals surface area (Å²) in [6.07, 6.45) is 3.25. The number of ether oxygens (including phenoxy) is 1. The van der Waals surface area contributed by atoms with Crippen LogP contribution in [0.4, 0.5) is 0 Å². The Balaban J connectivity index is 4.54. The van der Waals surface area contributed by atoms with Gasteiger partial charge in [-0.1, -0.05) is 26.7 Å². The first-order valence-electron chi connectivity index (χ1n) is 6.44. The smallest absolute Gasteiger partial charge is 0.319 e. The summed E-state index contributed by atoms with van der Waals surface area (Å²) in [4.78, 5) is 23.7.